The van der Waals surface area contributed by atoms with E-state index in [2.05, 4.69) is 23.8 Å². The predicted molar refractivity (Wildman–Crippen MR) is 116 cm³/mol. The van der Waals surface area contributed by atoms with Crippen LogP contribution in [-0.4, -0.2) is 24.9 Å². The lowest BCUT2D eigenvalue weighted by atomic mass is 10.1. The fourth-order valence-electron chi connectivity index (χ4n) is 2.96. The maximum atomic E-state index is 12.2. The summed E-state index contributed by atoms with van der Waals surface area (Å²) < 4.78 is 0. The summed E-state index contributed by atoms with van der Waals surface area (Å²) in [5.41, 5.74) is 2.99. The monoisotopic (exact) mass is 376 g/mol. The van der Waals surface area contributed by atoms with Crippen molar-refractivity contribution in [1.82, 2.24) is 10.6 Å². The summed E-state index contributed by atoms with van der Waals surface area (Å²) in [6.45, 7) is 8.76. The molecule has 0 fully saturated rings. The summed E-state index contributed by atoms with van der Waals surface area (Å²) in [5, 5.41) is 5.90. The van der Waals surface area contributed by atoms with E-state index < -0.39 is 0 Å². The topological polar surface area (TPSA) is 58.2 Å². The Balaban J connectivity index is 1.60. The number of unbranched alkanes of at least 4 members (excludes halogenated alkanes) is 3. The van der Waals surface area contributed by atoms with Crippen molar-refractivity contribution < 1.29 is 9.59 Å². The number of benzene rings is 2. The maximum absolute atomic E-state index is 12.2. The van der Waals surface area contributed by atoms with Gasteiger partial charge in [-0.15, -0.1) is 0 Å². The lowest BCUT2D eigenvalue weighted by Gasteiger charge is -2.09. The fourth-order valence-corrected chi connectivity index (χ4v) is 2.96. The summed E-state index contributed by atoms with van der Waals surface area (Å²) in [6, 6.07) is 14.9. The Morgan fingerprint density at radius 3 is 1.46 bits per heavy atom. The van der Waals surface area contributed by atoms with Crippen LogP contribution in [0.25, 0.3) is 12.2 Å². The van der Waals surface area contributed by atoms with Crippen molar-refractivity contribution in [1.29, 1.82) is 0 Å². The third-order valence-corrected chi connectivity index (χ3v) is 4.53. The van der Waals surface area contributed by atoms with Gasteiger partial charge >= 0.3 is 0 Å². The maximum Gasteiger partial charge on any atom is 0.251 e. The van der Waals surface area contributed by atoms with Gasteiger partial charge in [-0.25, -0.2) is 0 Å². The average Bonchev–Trinajstić information content (AvgIpc) is 2.75. The number of carbonyl (C=O) groups excluding carboxylic acids is 2. The summed E-state index contributed by atoms with van der Waals surface area (Å²) in [6.07, 6.45) is 7.21. The van der Waals surface area contributed by atoms with Crippen LogP contribution in [0.5, 0.6) is 0 Å². The Kier molecular flexibility index (Phi) is 8.73. The molecule has 0 aliphatic carbocycles. The molecule has 4 heteroatoms. The Morgan fingerprint density at radius 2 is 1.07 bits per heavy atom. The van der Waals surface area contributed by atoms with E-state index in [1.165, 1.54) is 0 Å². The summed E-state index contributed by atoms with van der Waals surface area (Å²) in [5.74, 6) is -0.132. The number of rotatable bonds is 11. The molecule has 0 bridgehead atoms. The van der Waals surface area contributed by atoms with Crippen molar-refractivity contribution in [3.8, 4) is 0 Å². The Bertz CT molecular complexity index is 757. The van der Waals surface area contributed by atoms with Crippen LogP contribution < -0.4 is 10.6 Å². The van der Waals surface area contributed by atoms with E-state index in [1.807, 2.05) is 36.4 Å². The molecule has 0 spiro atoms. The second-order valence-electron chi connectivity index (χ2n) is 6.51. The number of carbonyl (C=O) groups is 2. The van der Waals surface area contributed by atoms with Crippen LogP contribution in [0.1, 0.15) is 57.5 Å². The number of nitrogens with one attached hydrogen (secondary N) is 2. The Hall–Kier alpha value is -3.14. The molecule has 2 N–H and O–H groups in total. The number of hydrogen-bond acceptors (Lipinski definition) is 2. The van der Waals surface area contributed by atoms with Crippen molar-refractivity contribution in [3.05, 3.63) is 83.9 Å². The number of hydrogen-bond donors (Lipinski definition) is 2. The quantitative estimate of drug-likeness (QED) is 0.559. The highest BCUT2D eigenvalue weighted by Gasteiger charge is 2.09. The molecule has 0 radical (unpaired) electrons. The van der Waals surface area contributed by atoms with Crippen LogP contribution in [0.2, 0.25) is 0 Å². The SMILES string of the molecule is C=Cc1ccccc1C(=O)NCCCCCCNC(=O)c1ccccc1C=C. The smallest absolute Gasteiger partial charge is 0.251 e. The molecule has 2 amide bonds. The molecular weight excluding hydrogens is 348 g/mol. The molecule has 2 aromatic rings. The van der Waals surface area contributed by atoms with Gasteiger partial charge in [0.1, 0.15) is 0 Å². The Labute approximate surface area is 167 Å². The normalized spacial score (nSPS) is 10.1. The zero-order valence-corrected chi connectivity index (χ0v) is 16.2. The van der Waals surface area contributed by atoms with Gasteiger partial charge in [-0.1, -0.05) is 74.5 Å². The molecule has 4 nitrogen and oxygen atoms in total. The average molecular weight is 377 g/mol. The van der Waals surface area contributed by atoms with Crippen molar-refractivity contribution in [3.63, 3.8) is 0 Å². The van der Waals surface area contributed by atoms with E-state index >= 15 is 0 Å². The second kappa shape index (κ2) is 11.5. The van der Waals surface area contributed by atoms with E-state index in [-0.39, 0.29) is 11.8 Å². The highest BCUT2D eigenvalue weighted by atomic mass is 16.2. The predicted octanol–water partition coefficient (Wildman–Crippen LogP) is 4.69. The molecule has 0 atom stereocenters. The third-order valence-electron chi connectivity index (χ3n) is 4.53. The van der Waals surface area contributed by atoms with Crippen LogP contribution >= 0.6 is 0 Å². The summed E-state index contributed by atoms with van der Waals surface area (Å²) in [7, 11) is 0. The van der Waals surface area contributed by atoms with Gasteiger partial charge in [-0.05, 0) is 36.1 Å². The molecule has 28 heavy (non-hydrogen) atoms. The van der Waals surface area contributed by atoms with Crippen molar-refractivity contribution in [2.24, 2.45) is 0 Å². The van der Waals surface area contributed by atoms with Gasteiger partial charge in [-0.3, -0.25) is 9.59 Å². The van der Waals surface area contributed by atoms with E-state index in [9.17, 15) is 9.59 Å². The molecule has 2 rings (SSSR count). The molecule has 0 heterocycles. The molecule has 0 aromatic heterocycles. The first-order valence-corrected chi connectivity index (χ1v) is 9.66. The fraction of sp³-hybridized carbons (Fsp3) is 0.250. The van der Waals surface area contributed by atoms with E-state index in [1.54, 1.807) is 24.3 Å². The zero-order chi connectivity index (χ0) is 20.2. The molecular formula is C24H28N2O2. The number of amides is 2. The largest absolute Gasteiger partial charge is 0.352 e. The van der Waals surface area contributed by atoms with Gasteiger partial charge in [0, 0.05) is 24.2 Å². The van der Waals surface area contributed by atoms with Crippen LogP contribution in [0, 0.1) is 0 Å². The van der Waals surface area contributed by atoms with Crippen LogP contribution in [0.15, 0.2) is 61.7 Å². The Morgan fingerprint density at radius 1 is 0.679 bits per heavy atom. The molecule has 0 saturated carbocycles. The highest BCUT2D eigenvalue weighted by molar-refractivity contribution is 5.98. The van der Waals surface area contributed by atoms with Gasteiger partial charge in [-0.2, -0.15) is 0 Å². The summed E-state index contributed by atoms with van der Waals surface area (Å²) in [4.78, 5) is 24.4. The van der Waals surface area contributed by atoms with E-state index in [0.29, 0.717) is 24.2 Å². The van der Waals surface area contributed by atoms with Crippen LogP contribution in [0.4, 0.5) is 0 Å². The molecule has 0 saturated heterocycles. The first kappa shape index (κ1) is 21.2. The van der Waals surface area contributed by atoms with Crippen LogP contribution in [-0.2, 0) is 0 Å². The molecule has 0 aliphatic heterocycles. The molecule has 2 aromatic carbocycles. The molecule has 0 aliphatic rings. The second-order valence-corrected chi connectivity index (χ2v) is 6.51. The highest BCUT2D eigenvalue weighted by Crippen LogP contribution is 2.11. The third kappa shape index (κ3) is 6.23. The van der Waals surface area contributed by atoms with Crippen molar-refractivity contribution in [2.45, 2.75) is 25.7 Å². The van der Waals surface area contributed by atoms with Gasteiger partial charge in [0.15, 0.2) is 0 Å². The van der Waals surface area contributed by atoms with E-state index in [4.69, 9.17) is 0 Å². The zero-order valence-electron chi connectivity index (χ0n) is 16.2. The first-order chi connectivity index (χ1) is 13.7. The van der Waals surface area contributed by atoms with Gasteiger partial charge in [0.05, 0.1) is 0 Å². The molecule has 146 valence electrons. The summed E-state index contributed by atoms with van der Waals surface area (Å²) >= 11 is 0. The molecule has 0 unspecified atom stereocenters. The van der Waals surface area contributed by atoms with E-state index in [0.717, 1.165) is 36.8 Å². The minimum absolute atomic E-state index is 0.0661. The standard InChI is InChI=1S/C24H28N2O2/c1-3-19-13-7-9-15-21(19)23(27)25-17-11-5-6-12-18-26-24(28)22-16-10-8-14-20(22)4-2/h3-4,7-10,13-16H,1-2,5-6,11-12,17-18H2,(H,25,27)(H,26,28). The van der Waals surface area contributed by atoms with Gasteiger partial charge in [0.2, 0.25) is 0 Å². The van der Waals surface area contributed by atoms with Gasteiger partial charge < -0.3 is 10.6 Å². The van der Waals surface area contributed by atoms with Gasteiger partial charge in [0.25, 0.3) is 11.8 Å². The lowest BCUT2D eigenvalue weighted by molar-refractivity contribution is 0.0943. The first-order valence-electron chi connectivity index (χ1n) is 9.66. The van der Waals surface area contributed by atoms with Crippen molar-refractivity contribution in [2.75, 3.05) is 13.1 Å². The minimum atomic E-state index is -0.0661. The lowest BCUT2D eigenvalue weighted by Crippen LogP contribution is -2.25. The van der Waals surface area contributed by atoms with Crippen molar-refractivity contribution >= 4 is 24.0 Å². The van der Waals surface area contributed by atoms with Crippen LogP contribution in [0.3, 0.4) is 0 Å². The minimum Gasteiger partial charge on any atom is -0.352 e.